The molecule has 1 aromatic rings. The Morgan fingerprint density at radius 2 is 2.36 bits per heavy atom. The summed E-state index contributed by atoms with van der Waals surface area (Å²) >= 11 is 0. The van der Waals surface area contributed by atoms with Crippen LogP contribution in [0.2, 0.25) is 0 Å². The predicted octanol–water partition coefficient (Wildman–Crippen LogP) is 1.83. The molecule has 1 unspecified atom stereocenters. The fourth-order valence-electron chi connectivity index (χ4n) is 1.79. The molecule has 1 aliphatic heterocycles. The van der Waals surface area contributed by atoms with Crippen molar-refractivity contribution >= 4 is 11.7 Å². The van der Waals surface area contributed by atoms with Gasteiger partial charge in [0.1, 0.15) is 0 Å². The first-order chi connectivity index (χ1) is 6.70. The molecule has 0 saturated heterocycles. The van der Waals surface area contributed by atoms with Gasteiger partial charge in [-0.15, -0.1) is 0 Å². The summed E-state index contributed by atoms with van der Waals surface area (Å²) in [7, 11) is 1.40. The van der Waals surface area contributed by atoms with Gasteiger partial charge in [-0.1, -0.05) is 0 Å². The van der Waals surface area contributed by atoms with E-state index in [0.29, 0.717) is 11.6 Å². The van der Waals surface area contributed by atoms with Crippen LogP contribution < -0.4 is 5.32 Å². The Hall–Kier alpha value is -1.51. The Morgan fingerprint density at radius 1 is 1.57 bits per heavy atom. The summed E-state index contributed by atoms with van der Waals surface area (Å²) in [5, 5.41) is 3.33. The topological polar surface area (TPSA) is 38.3 Å². The lowest BCUT2D eigenvalue weighted by molar-refractivity contribution is 0.0600. The molecular formula is C11H13NO2. The molecule has 2 rings (SSSR count). The molecule has 0 fully saturated rings. The number of carbonyl (C=O) groups is 1. The number of nitrogens with one attached hydrogen (secondary N) is 1. The van der Waals surface area contributed by atoms with Gasteiger partial charge in [0.25, 0.3) is 0 Å². The summed E-state index contributed by atoms with van der Waals surface area (Å²) in [6.45, 7) is 2.12. The van der Waals surface area contributed by atoms with Crippen molar-refractivity contribution in [2.45, 2.75) is 19.4 Å². The third kappa shape index (κ3) is 1.45. The molecule has 0 saturated carbocycles. The summed E-state index contributed by atoms with van der Waals surface area (Å²) < 4.78 is 4.66. The van der Waals surface area contributed by atoms with Crippen molar-refractivity contribution in [2.24, 2.45) is 0 Å². The van der Waals surface area contributed by atoms with Crippen LogP contribution >= 0.6 is 0 Å². The average Bonchev–Trinajstić information content (AvgIpc) is 2.55. The van der Waals surface area contributed by atoms with Crippen LogP contribution in [0.3, 0.4) is 0 Å². The van der Waals surface area contributed by atoms with Gasteiger partial charge < -0.3 is 10.1 Å². The molecule has 3 nitrogen and oxygen atoms in total. The van der Waals surface area contributed by atoms with E-state index >= 15 is 0 Å². The summed E-state index contributed by atoms with van der Waals surface area (Å²) in [6.07, 6.45) is 0.972. The van der Waals surface area contributed by atoms with E-state index in [0.717, 1.165) is 12.1 Å². The maximum Gasteiger partial charge on any atom is 0.337 e. The van der Waals surface area contributed by atoms with Crippen molar-refractivity contribution in [1.82, 2.24) is 0 Å². The number of hydrogen-bond donors (Lipinski definition) is 1. The zero-order chi connectivity index (χ0) is 10.1. The predicted molar refractivity (Wildman–Crippen MR) is 54.6 cm³/mol. The lowest BCUT2D eigenvalue weighted by atomic mass is 10.1. The standard InChI is InChI=1S/C11H13NO2/c1-7-5-9-6-8(11(13)14-2)3-4-10(9)12-7/h3-4,6-7,12H,5H2,1-2H3. The van der Waals surface area contributed by atoms with Crippen molar-refractivity contribution in [2.75, 3.05) is 12.4 Å². The van der Waals surface area contributed by atoms with Gasteiger partial charge in [0.05, 0.1) is 12.7 Å². The lowest BCUT2D eigenvalue weighted by Gasteiger charge is -2.03. The highest BCUT2D eigenvalue weighted by molar-refractivity contribution is 5.90. The van der Waals surface area contributed by atoms with Gasteiger partial charge in [0.2, 0.25) is 0 Å². The van der Waals surface area contributed by atoms with E-state index in [9.17, 15) is 4.79 Å². The fourth-order valence-corrected chi connectivity index (χ4v) is 1.79. The molecule has 0 amide bonds. The second-order valence-corrected chi connectivity index (χ2v) is 3.61. The summed E-state index contributed by atoms with van der Waals surface area (Å²) in [5.41, 5.74) is 2.95. The molecule has 1 heterocycles. The first-order valence-corrected chi connectivity index (χ1v) is 4.68. The van der Waals surface area contributed by atoms with Crippen molar-refractivity contribution < 1.29 is 9.53 Å². The molecule has 0 radical (unpaired) electrons. The molecule has 1 aliphatic rings. The molecule has 14 heavy (non-hydrogen) atoms. The molecule has 0 aliphatic carbocycles. The highest BCUT2D eigenvalue weighted by Crippen LogP contribution is 2.26. The smallest absolute Gasteiger partial charge is 0.337 e. The maximum atomic E-state index is 11.3. The minimum Gasteiger partial charge on any atom is -0.465 e. The lowest BCUT2D eigenvalue weighted by Crippen LogP contribution is -2.08. The minimum absolute atomic E-state index is 0.271. The number of carbonyl (C=O) groups excluding carboxylic acids is 1. The monoisotopic (exact) mass is 191 g/mol. The van der Waals surface area contributed by atoms with Crippen molar-refractivity contribution in [3.8, 4) is 0 Å². The van der Waals surface area contributed by atoms with E-state index in [1.165, 1.54) is 12.7 Å². The van der Waals surface area contributed by atoms with Crippen molar-refractivity contribution in [3.63, 3.8) is 0 Å². The van der Waals surface area contributed by atoms with E-state index in [1.54, 1.807) is 6.07 Å². The molecule has 0 bridgehead atoms. The van der Waals surface area contributed by atoms with Crippen LogP contribution in [0.5, 0.6) is 0 Å². The maximum absolute atomic E-state index is 11.3. The number of ether oxygens (including phenoxy) is 1. The zero-order valence-corrected chi connectivity index (χ0v) is 8.33. The number of anilines is 1. The minimum atomic E-state index is -0.271. The van der Waals surface area contributed by atoms with Gasteiger partial charge in [-0.2, -0.15) is 0 Å². The number of hydrogen-bond acceptors (Lipinski definition) is 3. The number of fused-ring (bicyclic) bond motifs is 1. The summed E-state index contributed by atoms with van der Waals surface area (Å²) in [4.78, 5) is 11.3. The van der Waals surface area contributed by atoms with E-state index in [-0.39, 0.29) is 5.97 Å². The third-order valence-electron chi connectivity index (χ3n) is 2.45. The third-order valence-corrected chi connectivity index (χ3v) is 2.45. The Bertz CT molecular complexity index is 374. The zero-order valence-electron chi connectivity index (χ0n) is 8.33. The van der Waals surface area contributed by atoms with Crippen LogP contribution in [0, 0.1) is 0 Å². The molecule has 1 aromatic carbocycles. The van der Waals surface area contributed by atoms with Crippen molar-refractivity contribution in [3.05, 3.63) is 29.3 Å². The van der Waals surface area contributed by atoms with E-state index in [2.05, 4.69) is 17.0 Å². The Morgan fingerprint density at radius 3 is 3.07 bits per heavy atom. The Labute approximate surface area is 83.1 Å². The van der Waals surface area contributed by atoms with E-state index < -0.39 is 0 Å². The molecule has 0 spiro atoms. The first-order valence-electron chi connectivity index (χ1n) is 4.68. The summed E-state index contributed by atoms with van der Waals surface area (Å²) in [6, 6.07) is 6.08. The second-order valence-electron chi connectivity index (χ2n) is 3.61. The van der Waals surface area contributed by atoms with Gasteiger partial charge in [-0.05, 0) is 37.1 Å². The van der Waals surface area contributed by atoms with Crippen LogP contribution in [0.25, 0.3) is 0 Å². The van der Waals surface area contributed by atoms with Gasteiger partial charge >= 0.3 is 5.97 Å². The largest absolute Gasteiger partial charge is 0.465 e. The Kier molecular flexibility index (Phi) is 2.15. The highest BCUT2D eigenvalue weighted by Gasteiger charge is 2.18. The molecule has 3 heteroatoms. The molecule has 74 valence electrons. The SMILES string of the molecule is COC(=O)c1ccc2c(c1)CC(C)N2. The van der Waals surface area contributed by atoms with Gasteiger partial charge in [-0.3, -0.25) is 0 Å². The fraction of sp³-hybridized carbons (Fsp3) is 0.364. The molecular weight excluding hydrogens is 178 g/mol. The normalized spacial score (nSPS) is 18.6. The quantitative estimate of drug-likeness (QED) is 0.688. The van der Waals surface area contributed by atoms with Crippen LogP contribution in [0.1, 0.15) is 22.8 Å². The first kappa shape index (κ1) is 9.06. The number of rotatable bonds is 1. The van der Waals surface area contributed by atoms with Crippen LogP contribution in [0.15, 0.2) is 18.2 Å². The summed E-state index contributed by atoms with van der Waals surface area (Å²) in [5.74, 6) is -0.271. The molecule has 0 aromatic heterocycles. The van der Waals surface area contributed by atoms with Gasteiger partial charge in [0, 0.05) is 11.7 Å². The number of methoxy groups -OCH3 is 1. The van der Waals surface area contributed by atoms with E-state index in [4.69, 9.17) is 0 Å². The number of benzene rings is 1. The van der Waals surface area contributed by atoms with Gasteiger partial charge in [-0.25, -0.2) is 4.79 Å². The molecule has 1 atom stereocenters. The van der Waals surface area contributed by atoms with Crippen LogP contribution in [-0.2, 0) is 11.2 Å². The average molecular weight is 191 g/mol. The van der Waals surface area contributed by atoms with E-state index in [1.807, 2.05) is 12.1 Å². The highest BCUT2D eigenvalue weighted by atomic mass is 16.5. The van der Waals surface area contributed by atoms with Gasteiger partial charge in [0.15, 0.2) is 0 Å². The second kappa shape index (κ2) is 3.33. The molecule has 1 N–H and O–H groups in total. The Balaban J connectivity index is 2.33. The number of esters is 1. The van der Waals surface area contributed by atoms with Crippen LogP contribution in [-0.4, -0.2) is 19.1 Å². The van der Waals surface area contributed by atoms with Crippen molar-refractivity contribution in [1.29, 1.82) is 0 Å². The van der Waals surface area contributed by atoms with Crippen LogP contribution in [0.4, 0.5) is 5.69 Å².